The van der Waals surface area contributed by atoms with Crippen molar-refractivity contribution in [2.24, 2.45) is 0 Å². The van der Waals surface area contributed by atoms with Crippen LogP contribution in [0.25, 0.3) is 0 Å². The zero-order valence-corrected chi connectivity index (χ0v) is 16.7. The summed E-state index contributed by atoms with van der Waals surface area (Å²) < 4.78 is 42.5. The molecule has 30 heavy (non-hydrogen) atoms. The van der Waals surface area contributed by atoms with Crippen LogP contribution in [-0.4, -0.2) is 27.9 Å². The van der Waals surface area contributed by atoms with Crippen LogP contribution in [-0.2, 0) is 11.2 Å². The summed E-state index contributed by atoms with van der Waals surface area (Å²) in [6, 6.07) is 5.96. The minimum atomic E-state index is -4.93. The fourth-order valence-corrected chi connectivity index (χ4v) is 4.66. The average molecular weight is 441 g/mol. The van der Waals surface area contributed by atoms with Gasteiger partial charge in [-0.25, -0.2) is 0 Å². The van der Waals surface area contributed by atoms with E-state index >= 15 is 0 Å². The van der Waals surface area contributed by atoms with E-state index in [4.69, 9.17) is 11.6 Å². The van der Waals surface area contributed by atoms with Gasteiger partial charge in [-0.3, -0.25) is 4.79 Å². The molecule has 1 aliphatic heterocycles. The fraction of sp³-hybridized carbons (Fsp3) is 0.381. The molecule has 2 aromatic rings. The number of nitrogens with one attached hydrogen (secondary N) is 2. The molecular weight excluding hydrogens is 421 g/mol. The number of hydrogen-bond acceptors (Lipinski definition) is 4. The molecule has 0 saturated carbocycles. The van der Waals surface area contributed by atoms with Gasteiger partial charge >= 0.3 is 6.18 Å². The van der Waals surface area contributed by atoms with Crippen molar-refractivity contribution < 1.29 is 28.2 Å². The molecule has 9 heteroatoms. The van der Waals surface area contributed by atoms with E-state index in [9.17, 15) is 28.2 Å². The third-order valence-corrected chi connectivity index (χ3v) is 6.33. The highest BCUT2D eigenvalue weighted by Gasteiger charge is 2.62. The summed E-state index contributed by atoms with van der Waals surface area (Å²) in [5.41, 5.74) is -1.29. The maximum absolute atomic E-state index is 14.2. The number of phenols is 1. The van der Waals surface area contributed by atoms with Crippen molar-refractivity contribution in [2.45, 2.75) is 49.9 Å². The summed E-state index contributed by atoms with van der Waals surface area (Å²) in [7, 11) is 0. The number of amides is 1. The zero-order valence-electron chi connectivity index (χ0n) is 16.0. The predicted molar refractivity (Wildman–Crippen MR) is 107 cm³/mol. The molecule has 1 amide bonds. The van der Waals surface area contributed by atoms with Crippen LogP contribution in [0, 0.1) is 0 Å². The van der Waals surface area contributed by atoms with E-state index in [2.05, 4.69) is 10.6 Å². The molecule has 0 fully saturated rings. The van der Waals surface area contributed by atoms with Gasteiger partial charge in [0, 0.05) is 22.5 Å². The molecule has 4 rings (SSSR count). The minimum Gasteiger partial charge on any atom is -0.506 e. The Morgan fingerprint density at radius 3 is 2.70 bits per heavy atom. The van der Waals surface area contributed by atoms with Crippen molar-refractivity contribution in [3.63, 3.8) is 0 Å². The quantitative estimate of drug-likeness (QED) is 0.548. The van der Waals surface area contributed by atoms with Crippen molar-refractivity contribution in [1.82, 2.24) is 0 Å². The number of carbonyl (C=O) groups excluding carboxylic acids is 1. The van der Waals surface area contributed by atoms with Gasteiger partial charge in [0.2, 0.25) is 5.91 Å². The average Bonchev–Trinajstić information content (AvgIpc) is 3.06. The maximum atomic E-state index is 14.2. The number of hydrogen-bond donors (Lipinski definition) is 4. The number of anilines is 2. The van der Waals surface area contributed by atoms with E-state index in [1.165, 1.54) is 12.1 Å². The molecule has 5 nitrogen and oxygen atoms in total. The first-order chi connectivity index (χ1) is 14.1. The Labute approximate surface area is 175 Å². The van der Waals surface area contributed by atoms with Gasteiger partial charge in [0.05, 0.1) is 17.5 Å². The molecule has 4 N–H and O–H groups in total. The van der Waals surface area contributed by atoms with Crippen LogP contribution >= 0.6 is 11.6 Å². The summed E-state index contributed by atoms with van der Waals surface area (Å²) in [6.45, 7) is 1.70. The van der Waals surface area contributed by atoms with Crippen LogP contribution in [0.2, 0.25) is 5.02 Å². The molecule has 1 aliphatic carbocycles. The Hall–Kier alpha value is -2.45. The van der Waals surface area contributed by atoms with Gasteiger partial charge in [0.1, 0.15) is 5.75 Å². The van der Waals surface area contributed by atoms with Crippen molar-refractivity contribution in [3.8, 4) is 5.75 Å². The minimum absolute atomic E-state index is 0.0198. The molecule has 0 saturated heterocycles. The molecule has 2 aromatic carbocycles. The fourth-order valence-electron chi connectivity index (χ4n) is 4.50. The molecule has 0 radical (unpaired) electrons. The summed E-state index contributed by atoms with van der Waals surface area (Å²) in [4.78, 5) is 11.8. The van der Waals surface area contributed by atoms with Crippen LogP contribution in [0.5, 0.6) is 5.75 Å². The molecule has 1 heterocycles. The Kier molecular flexibility index (Phi) is 4.90. The summed E-state index contributed by atoms with van der Waals surface area (Å²) in [5, 5.41) is 27.0. The Morgan fingerprint density at radius 2 is 2.03 bits per heavy atom. The molecule has 160 valence electrons. The zero-order chi connectivity index (χ0) is 21.8. The van der Waals surface area contributed by atoms with E-state index in [-0.39, 0.29) is 35.1 Å². The lowest BCUT2D eigenvalue weighted by Gasteiger charge is -2.46. The van der Waals surface area contributed by atoms with E-state index in [1.807, 2.05) is 0 Å². The maximum Gasteiger partial charge on any atom is 0.419 e. The van der Waals surface area contributed by atoms with E-state index in [0.29, 0.717) is 22.5 Å². The molecule has 3 atom stereocenters. The number of benzene rings is 2. The van der Waals surface area contributed by atoms with Gasteiger partial charge in [0.15, 0.2) is 5.60 Å². The molecule has 0 unspecified atom stereocenters. The van der Waals surface area contributed by atoms with Crippen molar-refractivity contribution in [2.75, 3.05) is 10.6 Å². The van der Waals surface area contributed by atoms with Crippen LogP contribution in [0.1, 0.15) is 48.4 Å². The van der Waals surface area contributed by atoms with E-state index < -0.39 is 30.2 Å². The topological polar surface area (TPSA) is 81.6 Å². The van der Waals surface area contributed by atoms with Crippen molar-refractivity contribution in [3.05, 3.63) is 52.0 Å². The first-order valence-electron chi connectivity index (χ1n) is 9.55. The highest BCUT2D eigenvalue weighted by Crippen LogP contribution is 2.56. The molecular formula is C21H20ClF3N2O3. The molecule has 0 spiro atoms. The summed E-state index contributed by atoms with van der Waals surface area (Å²) in [6.07, 6.45) is -5.26. The highest BCUT2D eigenvalue weighted by molar-refractivity contribution is 6.32. The Bertz CT molecular complexity index is 1030. The lowest BCUT2D eigenvalue weighted by molar-refractivity contribution is -0.272. The first kappa shape index (κ1) is 20.8. The number of fused-ring (bicyclic) bond motifs is 2. The summed E-state index contributed by atoms with van der Waals surface area (Å²) >= 11 is 6.03. The summed E-state index contributed by atoms with van der Waals surface area (Å²) in [5.74, 6) is -1.26. The number of carbonyl (C=O) groups is 1. The Balaban J connectivity index is 1.89. The molecule has 2 aliphatic rings. The second-order valence-electron chi connectivity index (χ2n) is 7.76. The van der Waals surface area contributed by atoms with Crippen molar-refractivity contribution >= 4 is 28.9 Å². The number of phenolic OH excluding ortho intramolecular Hbond substituents is 1. The lowest BCUT2D eigenvalue weighted by Crippen LogP contribution is -2.55. The Morgan fingerprint density at radius 1 is 1.30 bits per heavy atom. The van der Waals surface area contributed by atoms with Gasteiger partial charge in [-0.1, -0.05) is 30.7 Å². The van der Waals surface area contributed by atoms with Gasteiger partial charge < -0.3 is 20.8 Å². The number of alkyl halides is 3. The van der Waals surface area contributed by atoms with E-state index in [1.54, 1.807) is 25.1 Å². The van der Waals surface area contributed by atoms with Crippen LogP contribution in [0.15, 0.2) is 30.3 Å². The van der Waals surface area contributed by atoms with Crippen molar-refractivity contribution in [1.29, 1.82) is 0 Å². The lowest BCUT2D eigenvalue weighted by atomic mass is 9.69. The second-order valence-corrected chi connectivity index (χ2v) is 8.17. The van der Waals surface area contributed by atoms with Gasteiger partial charge in [-0.15, -0.1) is 0 Å². The van der Waals surface area contributed by atoms with Gasteiger partial charge in [-0.05, 0) is 42.5 Å². The van der Waals surface area contributed by atoms with Crippen LogP contribution in [0.4, 0.5) is 24.5 Å². The SMILES string of the molecule is CC[C@H]1C[C@@](O)(C(F)(F)F)[C@@H](Nc2cccc3c2CC(=O)N3)c2ccc(Cl)c(O)c21. The first-order valence-corrected chi connectivity index (χ1v) is 9.93. The largest absolute Gasteiger partial charge is 0.506 e. The third kappa shape index (κ3) is 3.09. The number of aromatic hydroxyl groups is 1. The van der Waals surface area contributed by atoms with Crippen LogP contribution in [0.3, 0.4) is 0 Å². The standard InChI is InChI=1S/C21H20ClF3N2O3/c1-2-10-9-20(30,21(23,24)25)19(11-6-7-13(22)18(29)17(10)11)27-15-5-3-4-14-12(15)8-16(28)26-14/h3-7,10,19,27,29-30H,2,8-9H2,1H3,(H,26,28)/t10-,19-,20-/m0/s1. The predicted octanol–water partition coefficient (Wildman–Crippen LogP) is 4.88. The third-order valence-electron chi connectivity index (χ3n) is 6.03. The van der Waals surface area contributed by atoms with E-state index in [0.717, 1.165) is 0 Å². The number of rotatable bonds is 3. The molecule has 0 aromatic heterocycles. The highest BCUT2D eigenvalue weighted by atomic mass is 35.5. The normalized spacial score (nSPS) is 25.5. The smallest absolute Gasteiger partial charge is 0.419 e. The number of aliphatic hydroxyl groups is 1. The molecule has 0 bridgehead atoms. The second kappa shape index (κ2) is 7.06. The monoisotopic (exact) mass is 440 g/mol. The number of halogens is 4. The van der Waals surface area contributed by atoms with Gasteiger partial charge in [0.25, 0.3) is 0 Å². The van der Waals surface area contributed by atoms with Gasteiger partial charge in [-0.2, -0.15) is 13.2 Å². The van der Waals surface area contributed by atoms with Crippen LogP contribution < -0.4 is 10.6 Å².